The summed E-state index contributed by atoms with van der Waals surface area (Å²) >= 11 is 0. The van der Waals surface area contributed by atoms with Crippen LogP contribution in [0, 0.1) is 0 Å². The number of rotatable bonds is 4. The fourth-order valence-electron chi connectivity index (χ4n) is 1.89. The summed E-state index contributed by atoms with van der Waals surface area (Å²) in [5.41, 5.74) is 11.8. The lowest BCUT2D eigenvalue weighted by molar-refractivity contribution is 0.638. The molecule has 0 aliphatic rings. The molecule has 2 rings (SSSR count). The lowest BCUT2D eigenvalue weighted by Gasteiger charge is -2.16. The highest BCUT2D eigenvalue weighted by Gasteiger charge is 2.16. The van der Waals surface area contributed by atoms with Crippen molar-refractivity contribution in [1.29, 1.82) is 0 Å². The Bertz CT molecular complexity index is 491. The van der Waals surface area contributed by atoms with E-state index >= 15 is 0 Å². The molecule has 17 heavy (non-hydrogen) atoms. The van der Waals surface area contributed by atoms with E-state index in [1.165, 1.54) is 5.56 Å². The fourth-order valence-corrected chi connectivity index (χ4v) is 1.89. The molecule has 0 saturated carbocycles. The average molecular weight is 231 g/mol. The van der Waals surface area contributed by atoms with Gasteiger partial charge in [-0.2, -0.15) is 5.10 Å². The molecule has 0 aliphatic heterocycles. The van der Waals surface area contributed by atoms with Crippen molar-refractivity contribution in [2.45, 2.75) is 19.4 Å². The number of nitrogen functional groups attached to an aromatic ring is 1. The Morgan fingerprint density at radius 3 is 2.88 bits per heavy atom. The van der Waals surface area contributed by atoms with Gasteiger partial charge in [0.05, 0.1) is 12.2 Å². The summed E-state index contributed by atoms with van der Waals surface area (Å²) in [4.78, 5) is 0. The van der Waals surface area contributed by atoms with E-state index in [0.29, 0.717) is 5.82 Å². The highest BCUT2D eigenvalue weighted by atomic mass is 15.2. The number of aromatic amines is 1. The Morgan fingerprint density at radius 2 is 2.29 bits per heavy atom. The second-order valence-corrected chi connectivity index (χ2v) is 3.94. The average Bonchev–Trinajstić information content (AvgIpc) is 2.77. The first-order chi connectivity index (χ1) is 8.26. The van der Waals surface area contributed by atoms with Crippen LogP contribution in [0.15, 0.2) is 30.5 Å². The number of anilines is 1. The van der Waals surface area contributed by atoms with Crippen molar-refractivity contribution >= 4 is 5.82 Å². The van der Waals surface area contributed by atoms with Gasteiger partial charge >= 0.3 is 0 Å². The maximum absolute atomic E-state index is 5.81. The number of benzene rings is 1. The fraction of sp³-hybridized carbons (Fsp3) is 0.250. The summed E-state index contributed by atoms with van der Waals surface area (Å²) in [5.74, 6) is 6.15. The Labute approximate surface area is 100 Å². The van der Waals surface area contributed by atoms with E-state index in [0.717, 1.165) is 17.5 Å². The second kappa shape index (κ2) is 4.99. The lowest BCUT2D eigenvalue weighted by atomic mass is 9.99. The third kappa shape index (κ3) is 2.30. The molecule has 5 heteroatoms. The van der Waals surface area contributed by atoms with Gasteiger partial charge in [-0.25, -0.2) is 5.43 Å². The van der Waals surface area contributed by atoms with E-state index in [9.17, 15) is 0 Å². The van der Waals surface area contributed by atoms with Crippen LogP contribution in [0.1, 0.15) is 29.7 Å². The van der Waals surface area contributed by atoms with Gasteiger partial charge in [0.25, 0.3) is 0 Å². The van der Waals surface area contributed by atoms with Gasteiger partial charge in [-0.15, -0.1) is 0 Å². The molecule has 1 atom stereocenters. The molecule has 1 heterocycles. The van der Waals surface area contributed by atoms with Crippen molar-refractivity contribution in [2.75, 3.05) is 5.73 Å². The number of aromatic nitrogens is 2. The summed E-state index contributed by atoms with van der Waals surface area (Å²) in [7, 11) is 0. The number of hydrogen-bond acceptors (Lipinski definition) is 4. The van der Waals surface area contributed by atoms with Crippen LogP contribution in [0.4, 0.5) is 5.82 Å². The van der Waals surface area contributed by atoms with Crippen molar-refractivity contribution in [3.63, 3.8) is 0 Å². The topological polar surface area (TPSA) is 92.7 Å². The molecule has 2 aromatic rings. The monoisotopic (exact) mass is 231 g/mol. The zero-order chi connectivity index (χ0) is 12.3. The van der Waals surface area contributed by atoms with Crippen molar-refractivity contribution in [3.05, 3.63) is 47.2 Å². The maximum Gasteiger partial charge on any atom is 0.124 e. The smallest absolute Gasteiger partial charge is 0.124 e. The predicted molar refractivity (Wildman–Crippen MR) is 68.0 cm³/mol. The zero-order valence-electron chi connectivity index (χ0n) is 9.77. The normalized spacial score (nSPS) is 12.6. The number of nitrogens with zero attached hydrogens (tertiary/aromatic N) is 1. The first kappa shape index (κ1) is 11.6. The van der Waals surface area contributed by atoms with Crippen molar-refractivity contribution in [1.82, 2.24) is 15.6 Å². The van der Waals surface area contributed by atoms with Crippen LogP contribution >= 0.6 is 0 Å². The number of nitrogens with one attached hydrogen (secondary N) is 2. The molecule has 90 valence electrons. The molecular formula is C12H17N5. The summed E-state index contributed by atoms with van der Waals surface area (Å²) in [5, 5.41) is 6.63. The summed E-state index contributed by atoms with van der Waals surface area (Å²) in [6.45, 7) is 2.12. The molecule has 0 fully saturated rings. The Hall–Kier alpha value is -1.85. The van der Waals surface area contributed by atoms with Gasteiger partial charge in [0.15, 0.2) is 0 Å². The van der Waals surface area contributed by atoms with E-state index in [-0.39, 0.29) is 6.04 Å². The van der Waals surface area contributed by atoms with Crippen LogP contribution in [0.2, 0.25) is 0 Å². The van der Waals surface area contributed by atoms with Gasteiger partial charge < -0.3 is 5.73 Å². The first-order valence-electron chi connectivity index (χ1n) is 5.60. The number of nitrogens with two attached hydrogens (primary N) is 2. The van der Waals surface area contributed by atoms with Gasteiger partial charge in [0.2, 0.25) is 0 Å². The van der Waals surface area contributed by atoms with E-state index < -0.39 is 0 Å². The van der Waals surface area contributed by atoms with Crippen LogP contribution in [-0.4, -0.2) is 10.2 Å². The molecule has 6 N–H and O–H groups in total. The molecular weight excluding hydrogens is 214 g/mol. The largest absolute Gasteiger partial charge is 0.384 e. The minimum atomic E-state index is -0.139. The number of aryl methyl sites for hydroxylation is 1. The third-order valence-corrected chi connectivity index (χ3v) is 2.87. The van der Waals surface area contributed by atoms with Crippen LogP contribution in [0.5, 0.6) is 0 Å². The molecule has 1 aromatic heterocycles. The lowest BCUT2D eigenvalue weighted by Crippen LogP contribution is -2.29. The van der Waals surface area contributed by atoms with Crippen LogP contribution in [0.25, 0.3) is 0 Å². The first-order valence-corrected chi connectivity index (χ1v) is 5.60. The molecule has 1 aromatic carbocycles. The van der Waals surface area contributed by atoms with Gasteiger partial charge in [0.1, 0.15) is 5.82 Å². The Balaban J connectivity index is 2.38. The minimum absolute atomic E-state index is 0.139. The number of hydrogen-bond donors (Lipinski definition) is 4. The van der Waals surface area contributed by atoms with E-state index in [1.807, 2.05) is 12.1 Å². The molecule has 0 bridgehead atoms. The van der Waals surface area contributed by atoms with E-state index in [4.69, 9.17) is 11.6 Å². The molecule has 0 saturated heterocycles. The number of H-pyrrole nitrogens is 1. The molecule has 0 radical (unpaired) electrons. The Morgan fingerprint density at radius 1 is 1.47 bits per heavy atom. The van der Waals surface area contributed by atoms with Crippen molar-refractivity contribution in [2.24, 2.45) is 5.84 Å². The van der Waals surface area contributed by atoms with Gasteiger partial charge in [-0.1, -0.05) is 31.2 Å². The second-order valence-electron chi connectivity index (χ2n) is 3.94. The quantitative estimate of drug-likeness (QED) is 0.468. The molecule has 0 spiro atoms. The predicted octanol–water partition coefficient (Wildman–Crippen LogP) is 1.11. The zero-order valence-corrected chi connectivity index (χ0v) is 9.77. The van der Waals surface area contributed by atoms with Crippen LogP contribution in [-0.2, 0) is 6.42 Å². The van der Waals surface area contributed by atoms with E-state index in [1.54, 1.807) is 6.20 Å². The molecule has 1 unspecified atom stereocenters. The summed E-state index contributed by atoms with van der Waals surface area (Å²) < 4.78 is 0. The minimum Gasteiger partial charge on any atom is -0.384 e. The molecule has 0 aliphatic carbocycles. The van der Waals surface area contributed by atoms with Gasteiger partial charge in [0, 0.05) is 5.56 Å². The standard InChI is InChI=1S/C12H17N5/c1-2-8-4-3-5-9(6-8)11(16-14)10-7-15-17-12(10)13/h3-7,11,16H,2,14H2,1H3,(H3,13,15,17). The summed E-state index contributed by atoms with van der Waals surface area (Å²) in [6, 6.07) is 8.12. The molecule has 5 nitrogen and oxygen atoms in total. The SMILES string of the molecule is CCc1cccc(C(NN)c2cn[nH]c2N)c1. The van der Waals surface area contributed by atoms with Crippen molar-refractivity contribution < 1.29 is 0 Å². The van der Waals surface area contributed by atoms with E-state index in [2.05, 4.69) is 34.7 Å². The highest BCUT2D eigenvalue weighted by molar-refractivity contribution is 5.44. The highest BCUT2D eigenvalue weighted by Crippen LogP contribution is 2.25. The molecule has 0 amide bonds. The van der Waals surface area contributed by atoms with Gasteiger partial charge in [-0.05, 0) is 17.5 Å². The Kier molecular flexibility index (Phi) is 3.41. The van der Waals surface area contributed by atoms with Gasteiger partial charge in [-0.3, -0.25) is 10.9 Å². The summed E-state index contributed by atoms with van der Waals surface area (Å²) in [6.07, 6.45) is 2.68. The number of hydrazine groups is 1. The van der Waals surface area contributed by atoms with Crippen molar-refractivity contribution in [3.8, 4) is 0 Å². The van der Waals surface area contributed by atoms with Crippen LogP contribution in [0.3, 0.4) is 0 Å². The maximum atomic E-state index is 5.81. The van der Waals surface area contributed by atoms with Crippen LogP contribution < -0.4 is 17.0 Å². The third-order valence-electron chi connectivity index (χ3n) is 2.87.